The number of benzene rings is 2. The number of hydrogen-bond acceptors (Lipinski definition) is 4. The van der Waals surface area contributed by atoms with Crippen LogP contribution >= 0.6 is 23.2 Å². The lowest BCUT2D eigenvalue weighted by molar-refractivity contribution is -0.885. The van der Waals surface area contributed by atoms with Gasteiger partial charge >= 0.3 is 5.63 Å². The van der Waals surface area contributed by atoms with Crippen molar-refractivity contribution in [2.24, 2.45) is 0 Å². The molecule has 0 spiro atoms. The molecular formula is C19H17Cl2N2O4+. The number of phenolic OH excluding ortho intramolecular Hbond substituents is 1. The van der Waals surface area contributed by atoms with Crippen molar-refractivity contribution < 1.29 is 19.2 Å². The zero-order chi connectivity index (χ0) is 19.6. The van der Waals surface area contributed by atoms with Gasteiger partial charge in [-0.25, -0.2) is 4.79 Å². The predicted octanol–water partition coefficient (Wildman–Crippen LogP) is 2.46. The number of aromatic hydroxyl groups is 1. The molecule has 0 bridgehead atoms. The van der Waals surface area contributed by atoms with E-state index in [9.17, 15) is 14.7 Å². The number of rotatable bonds is 5. The van der Waals surface area contributed by atoms with Crippen molar-refractivity contribution in [2.45, 2.75) is 6.54 Å². The van der Waals surface area contributed by atoms with Crippen LogP contribution in [0.15, 0.2) is 51.7 Å². The second-order valence-corrected chi connectivity index (χ2v) is 7.04. The lowest BCUT2D eigenvalue weighted by atomic mass is 10.1. The van der Waals surface area contributed by atoms with E-state index in [2.05, 4.69) is 5.32 Å². The van der Waals surface area contributed by atoms with Gasteiger partial charge in [-0.2, -0.15) is 0 Å². The summed E-state index contributed by atoms with van der Waals surface area (Å²) in [7, 11) is 1.83. The molecule has 0 saturated heterocycles. The van der Waals surface area contributed by atoms with Crippen molar-refractivity contribution in [3.05, 3.63) is 68.5 Å². The average Bonchev–Trinajstić information content (AvgIpc) is 2.57. The number of halogens is 2. The molecular weight excluding hydrogens is 391 g/mol. The minimum atomic E-state index is -0.511. The first kappa shape index (κ1) is 19.2. The molecule has 8 heteroatoms. The maximum atomic E-state index is 12.3. The van der Waals surface area contributed by atoms with Crippen molar-refractivity contribution in [2.75, 3.05) is 18.9 Å². The molecule has 0 fully saturated rings. The Hall–Kier alpha value is -2.54. The zero-order valence-electron chi connectivity index (χ0n) is 14.4. The molecule has 6 nitrogen and oxygen atoms in total. The van der Waals surface area contributed by atoms with E-state index in [0.29, 0.717) is 33.2 Å². The molecule has 0 aliphatic carbocycles. The van der Waals surface area contributed by atoms with E-state index in [1.165, 1.54) is 18.2 Å². The highest BCUT2D eigenvalue weighted by atomic mass is 35.5. The standard InChI is InChI=1S/C19H16Cl2N2O4/c1-23(10-17(25)22-19-14(20)3-2-4-15(19)21)9-11-7-18(26)27-16-8-12(24)5-6-13(11)16/h2-8,24H,9-10H2,1H3,(H,22,25)/p+1. The molecule has 1 amide bonds. The largest absolute Gasteiger partial charge is 0.508 e. The minimum Gasteiger partial charge on any atom is -0.508 e. The van der Waals surface area contributed by atoms with Crippen LogP contribution in [0.3, 0.4) is 0 Å². The van der Waals surface area contributed by atoms with Gasteiger partial charge in [-0.05, 0) is 24.3 Å². The lowest BCUT2D eigenvalue weighted by Gasteiger charge is -2.15. The average molecular weight is 408 g/mol. The number of likely N-dealkylation sites (N-methyl/N-ethyl adjacent to an activating group) is 1. The van der Waals surface area contributed by atoms with Gasteiger partial charge in [0.15, 0.2) is 6.54 Å². The Kier molecular flexibility index (Phi) is 5.70. The van der Waals surface area contributed by atoms with Gasteiger partial charge in [-0.1, -0.05) is 29.3 Å². The smallest absolute Gasteiger partial charge is 0.336 e. The number of phenols is 1. The summed E-state index contributed by atoms with van der Waals surface area (Å²) >= 11 is 12.1. The van der Waals surface area contributed by atoms with Crippen molar-refractivity contribution in [3.63, 3.8) is 0 Å². The van der Waals surface area contributed by atoms with Crippen LogP contribution in [0.1, 0.15) is 5.56 Å². The van der Waals surface area contributed by atoms with Crippen molar-refractivity contribution in [1.82, 2.24) is 0 Å². The van der Waals surface area contributed by atoms with Gasteiger partial charge in [0.25, 0.3) is 5.91 Å². The Morgan fingerprint density at radius 3 is 2.59 bits per heavy atom. The van der Waals surface area contributed by atoms with Crippen molar-refractivity contribution in [3.8, 4) is 5.75 Å². The summed E-state index contributed by atoms with van der Waals surface area (Å²) < 4.78 is 5.12. The highest BCUT2D eigenvalue weighted by Gasteiger charge is 2.16. The van der Waals surface area contributed by atoms with Gasteiger partial charge in [-0.3, -0.25) is 4.79 Å². The Bertz CT molecular complexity index is 1040. The normalized spacial score (nSPS) is 12.1. The number of carbonyl (C=O) groups excluding carboxylic acids is 1. The summed E-state index contributed by atoms with van der Waals surface area (Å²) in [5.41, 5.74) is 0.892. The molecule has 2 aromatic carbocycles. The van der Waals surface area contributed by atoms with Crippen molar-refractivity contribution in [1.29, 1.82) is 0 Å². The van der Waals surface area contributed by atoms with Gasteiger partial charge in [0.05, 0.1) is 22.8 Å². The molecule has 1 atom stereocenters. The van der Waals surface area contributed by atoms with E-state index in [1.54, 1.807) is 24.3 Å². The van der Waals surface area contributed by atoms with E-state index in [-0.39, 0.29) is 18.2 Å². The highest BCUT2D eigenvalue weighted by Crippen LogP contribution is 2.29. The molecule has 27 heavy (non-hydrogen) atoms. The van der Waals surface area contributed by atoms with Crippen molar-refractivity contribution >= 4 is 45.8 Å². The van der Waals surface area contributed by atoms with E-state index >= 15 is 0 Å². The first-order chi connectivity index (χ1) is 12.8. The quantitative estimate of drug-likeness (QED) is 0.567. The van der Waals surface area contributed by atoms with Gasteiger partial charge < -0.3 is 19.7 Å². The molecule has 1 heterocycles. The summed E-state index contributed by atoms with van der Waals surface area (Å²) in [6, 6.07) is 11.0. The molecule has 1 unspecified atom stereocenters. The Morgan fingerprint density at radius 2 is 1.89 bits per heavy atom. The molecule has 0 radical (unpaired) electrons. The summed E-state index contributed by atoms with van der Waals surface area (Å²) in [5, 5.41) is 13.7. The number of nitrogens with one attached hydrogen (secondary N) is 2. The molecule has 3 rings (SSSR count). The maximum absolute atomic E-state index is 12.3. The summed E-state index contributed by atoms with van der Waals surface area (Å²) in [6.07, 6.45) is 0. The lowest BCUT2D eigenvalue weighted by Crippen LogP contribution is -3.08. The molecule has 3 N–H and O–H groups in total. The molecule has 1 aromatic heterocycles. The van der Waals surface area contributed by atoms with E-state index in [0.717, 1.165) is 10.5 Å². The molecule has 140 valence electrons. The fourth-order valence-corrected chi connectivity index (χ4v) is 3.32. The van der Waals surface area contributed by atoms with Crippen LogP contribution in [0.2, 0.25) is 10.0 Å². The van der Waals surface area contributed by atoms with Crippen LogP contribution in [-0.2, 0) is 11.3 Å². The maximum Gasteiger partial charge on any atom is 0.336 e. The number of carbonyl (C=O) groups is 1. The highest BCUT2D eigenvalue weighted by molar-refractivity contribution is 6.39. The van der Waals surface area contributed by atoms with E-state index < -0.39 is 5.63 Å². The molecule has 0 aliphatic rings. The molecule has 0 aliphatic heterocycles. The first-order valence-electron chi connectivity index (χ1n) is 8.14. The predicted molar refractivity (Wildman–Crippen MR) is 105 cm³/mol. The van der Waals surface area contributed by atoms with Crippen LogP contribution in [-0.4, -0.2) is 24.6 Å². The van der Waals surface area contributed by atoms with Gasteiger partial charge in [0.1, 0.15) is 17.9 Å². The summed E-state index contributed by atoms with van der Waals surface area (Å²) in [5.74, 6) is -0.244. The number of hydrogen-bond donors (Lipinski definition) is 3. The van der Waals surface area contributed by atoms with E-state index in [4.69, 9.17) is 27.6 Å². The minimum absolute atomic E-state index is 0.0134. The second-order valence-electron chi connectivity index (χ2n) is 6.23. The van der Waals surface area contributed by atoms with Crippen LogP contribution in [0.5, 0.6) is 5.75 Å². The second kappa shape index (κ2) is 8.00. The SMILES string of the molecule is C[NH+](CC(=O)Nc1c(Cl)cccc1Cl)Cc1cc(=O)oc2cc(O)ccc12. The zero-order valence-corrected chi connectivity index (χ0v) is 15.9. The van der Waals surface area contributed by atoms with Crippen LogP contribution in [0.25, 0.3) is 11.0 Å². The van der Waals surface area contributed by atoms with Gasteiger partial charge in [-0.15, -0.1) is 0 Å². The third kappa shape index (κ3) is 4.60. The van der Waals surface area contributed by atoms with Crippen LogP contribution in [0, 0.1) is 0 Å². The fourth-order valence-electron chi connectivity index (χ4n) is 2.83. The fraction of sp³-hybridized carbons (Fsp3) is 0.158. The number of fused-ring (bicyclic) bond motifs is 1. The molecule has 0 saturated carbocycles. The monoisotopic (exact) mass is 407 g/mol. The third-order valence-electron chi connectivity index (χ3n) is 4.00. The summed E-state index contributed by atoms with van der Waals surface area (Å²) in [4.78, 5) is 24.9. The van der Waals surface area contributed by atoms with E-state index in [1.807, 2.05) is 7.05 Å². The first-order valence-corrected chi connectivity index (χ1v) is 8.90. The number of amides is 1. The van der Waals surface area contributed by atoms with Crippen LogP contribution in [0.4, 0.5) is 5.69 Å². The Balaban J connectivity index is 1.74. The van der Waals surface area contributed by atoms with Crippen LogP contribution < -0.4 is 15.8 Å². The number of para-hydroxylation sites is 1. The topological polar surface area (TPSA) is 84.0 Å². The Labute approximate surface area is 164 Å². The van der Waals surface area contributed by atoms with Gasteiger partial charge in [0, 0.05) is 23.1 Å². The molecule has 3 aromatic rings. The summed E-state index contributed by atoms with van der Waals surface area (Å²) in [6.45, 7) is 0.553. The number of anilines is 1. The number of quaternary nitrogens is 1. The van der Waals surface area contributed by atoms with Gasteiger partial charge in [0.2, 0.25) is 0 Å². The third-order valence-corrected chi connectivity index (χ3v) is 4.63. The Morgan fingerprint density at radius 1 is 1.19 bits per heavy atom.